The quantitative estimate of drug-likeness (QED) is 0.841. The molecule has 0 aliphatic rings. The summed E-state index contributed by atoms with van der Waals surface area (Å²) in [5, 5.41) is 2.77. The fourth-order valence-corrected chi connectivity index (χ4v) is 2.07. The molecule has 0 unspecified atom stereocenters. The zero-order valence-corrected chi connectivity index (χ0v) is 12.3. The fourth-order valence-electron chi connectivity index (χ4n) is 2.07. The van der Waals surface area contributed by atoms with Gasteiger partial charge in [0.05, 0.1) is 0 Å². The van der Waals surface area contributed by atoms with Crippen LogP contribution in [-0.2, 0) is 13.0 Å². The van der Waals surface area contributed by atoms with Crippen LogP contribution in [0.3, 0.4) is 0 Å². The molecule has 0 saturated heterocycles. The zero-order chi connectivity index (χ0) is 15.2. The van der Waals surface area contributed by atoms with Crippen molar-refractivity contribution in [1.82, 2.24) is 14.5 Å². The first-order chi connectivity index (χ1) is 10.1. The Morgan fingerprint density at radius 2 is 2.19 bits per heavy atom. The number of H-pyrrole nitrogens is 1. The molecule has 0 aliphatic heterocycles. The standard InChI is InChI=1S/C15H20N4O2/c1-3-4-6-19-7-5-11(9-13(19)20)8-12-10-17-15(16-2)18-14(12)21/h5,7,9-10H,3-4,6,8H2,1-2H3,(H2,16,17,18,21). The average molecular weight is 288 g/mol. The molecule has 0 radical (unpaired) electrons. The molecular formula is C15H20N4O2. The summed E-state index contributed by atoms with van der Waals surface area (Å²) in [5.41, 5.74) is 1.14. The first-order valence-electron chi connectivity index (χ1n) is 7.09. The van der Waals surface area contributed by atoms with Gasteiger partial charge in [0.1, 0.15) is 0 Å². The lowest BCUT2D eigenvalue weighted by Crippen LogP contribution is -2.20. The van der Waals surface area contributed by atoms with E-state index in [4.69, 9.17) is 0 Å². The maximum absolute atomic E-state index is 12.0. The number of pyridine rings is 1. The lowest BCUT2D eigenvalue weighted by atomic mass is 10.1. The molecule has 2 N–H and O–H groups in total. The number of nitrogens with zero attached hydrogens (tertiary/aromatic N) is 2. The number of aromatic nitrogens is 3. The van der Waals surface area contributed by atoms with Gasteiger partial charge in [-0.1, -0.05) is 13.3 Å². The number of hydrogen-bond acceptors (Lipinski definition) is 4. The molecule has 2 aromatic heterocycles. The number of aromatic amines is 1. The Hall–Kier alpha value is -2.37. The highest BCUT2D eigenvalue weighted by Gasteiger charge is 2.05. The van der Waals surface area contributed by atoms with E-state index in [2.05, 4.69) is 22.2 Å². The summed E-state index contributed by atoms with van der Waals surface area (Å²) in [6, 6.07) is 3.46. The van der Waals surface area contributed by atoms with Gasteiger partial charge >= 0.3 is 0 Å². The van der Waals surface area contributed by atoms with Gasteiger partial charge in [0.2, 0.25) is 5.95 Å². The third-order valence-corrected chi connectivity index (χ3v) is 3.32. The molecule has 0 atom stereocenters. The molecule has 2 rings (SSSR count). The number of nitrogens with one attached hydrogen (secondary N) is 2. The lowest BCUT2D eigenvalue weighted by molar-refractivity contribution is 0.612. The van der Waals surface area contributed by atoms with Crippen LogP contribution in [0.4, 0.5) is 5.95 Å². The Balaban J connectivity index is 2.18. The lowest BCUT2D eigenvalue weighted by Gasteiger charge is -2.06. The molecule has 0 saturated carbocycles. The minimum Gasteiger partial charge on any atom is -0.359 e. The van der Waals surface area contributed by atoms with E-state index in [-0.39, 0.29) is 11.1 Å². The van der Waals surface area contributed by atoms with Crippen LogP contribution >= 0.6 is 0 Å². The number of aryl methyl sites for hydroxylation is 1. The van der Waals surface area contributed by atoms with E-state index in [0.29, 0.717) is 17.9 Å². The van der Waals surface area contributed by atoms with Gasteiger partial charge in [0, 0.05) is 44.0 Å². The largest absolute Gasteiger partial charge is 0.359 e. The summed E-state index contributed by atoms with van der Waals surface area (Å²) >= 11 is 0. The Labute approximate surface area is 122 Å². The van der Waals surface area contributed by atoms with Crippen LogP contribution < -0.4 is 16.4 Å². The first-order valence-corrected chi connectivity index (χ1v) is 7.09. The Kier molecular flexibility index (Phi) is 4.92. The van der Waals surface area contributed by atoms with Crippen molar-refractivity contribution in [2.45, 2.75) is 32.7 Å². The van der Waals surface area contributed by atoms with Crippen molar-refractivity contribution in [2.24, 2.45) is 0 Å². The molecular weight excluding hydrogens is 268 g/mol. The minimum atomic E-state index is -0.190. The predicted octanol–water partition coefficient (Wildman–Crippen LogP) is 1.36. The van der Waals surface area contributed by atoms with Gasteiger partial charge in [0.15, 0.2) is 0 Å². The summed E-state index contributed by atoms with van der Waals surface area (Å²) in [4.78, 5) is 30.6. The minimum absolute atomic E-state index is 0.0304. The van der Waals surface area contributed by atoms with Crippen molar-refractivity contribution in [3.63, 3.8) is 0 Å². The van der Waals surface area contributed by atoms with Gasteiger partial charge in [-0.2, -0.15) is 0 Å². The van der Waals surface area contributed by atoms with Gasteiger partial charge in [-0.3, -0.25) is 14.6 Å². The normalized spacial score (nSPS) is 10.6. The molecule has 21 heavy (non-hydrogen) atoms. The number of anilines is 1. The number of rotatable bonds is 6. The van der Waals surface area contributed by atoms with Crippen molar-refractivity contribution >= 4 is 5.95 Å². The van der Waals surface area contributed by atoms with Crippen molar-refractivity contribution in [1.29, 1.82) is 0 Å². The van der Waals surface area contributed by atoms with Crippen LogP contribution in [0.25, 0.3) is 0 Å². The number of hydrogen-bond donors (Lipinski definition) is 2. The summed E-state index contributed by atoms with van der Waals surface area (Å²) in [5.74, 6) is 0.429. The third-order valence-electron chi connectivity index (χ3n) is 3.32. The van der Waals surface area contributed by atoms with Crippen LogP contribution in [0.5, 0.6) is 0 Å². The maximum atomic E-state index is 12.0. The second-order valence-electron chi connectivity index (χ2n) is 4.93. The molecule has 2 aromatic rings. The Bertz CT molecular complexity index is 718. The fraction of sp³-hybridized carbons (Fsp3) is 0.400. The van der Waals surface area contributed by atoms with Gasteiger partial charge in [-0.05, 0) is 18.1 Å². The van der Waals surface area contributed by atoms with E-state index in [9.17, 15) is 9.59 Å². The third kappa shape index (κ3) is 3.81. The molecule has 0 aromatic carbocycles. The smallest absolute Gasteiger partial charge is 0.255 e. The summed E-state index contributed by atoms with van der Waals surface area (Å²) in [6.45, 7) is 2.82. The highest BCUT2D eigenvalue weighted by atomic mass is 16.1. The van der Waals surface area contributed by atoms with Crippen LogP contribution in [0.1, 0.15) is 30.9 Å². The monoisotopic (exact) mass is 288 g/mol. The van der Waals surface area contributed by atoms with Gasteiger partial charge in [-0.25, -0.2) is 4.98 Å². The van der Waals surface area contributed by atoms with Crippen molar-refractivity contribution in [3.05, 3.63) is 56.4 Å². The van der Waals surface area contributed by atoms with Crippen LogP contribution in [0, 0.1) is 0 Å². The SMILES string of the molecule is CCCCn1ccc(Cc2cnc(NC)[nH]c2=O)cc1=O. The molecule has 0 spiro atoms. The molecule has 6 heteroatoms. The van der Waals surface area contributed by atoms with E-state index in [1.807, 2.05) is 6.07 Å². The van der Waals surface area contributed by atoms with Crippen molar-refractivity contribution in [3.8, 4) is 0 Å². The van der Waals surface area contributed by atoms with E-state index in [1.54, 1.807) is 23.9 Å². The molecule has 6 nitrogen and oxygen atoms in total. The molecule has 0 amide bonds. The summed E-state index contributed by atoms with van der Waals surface area (Å²) in [6.07, 6.45) is 5.75. The predicted molar refractivity (Wildman–Crippen MR) is 82.8 cm³/mol. The Morgan fingerprint density at radius 1 is 1.38 bits per heavy atom. The van der Waals surface area contributed by atoms with E-state index in [1.165, 1.54) is 6.20 Å². The van der Waals surface area contributed by atoms with Crippen LogP contribution in [0.15, 0.2) is 34.1 Å². The Morgan fingerprint density at radius 3 is 2.81 bits per heavy atom. The molecule has 0 fully saturated rings. The average Bonchev–Trinajstić information content (AvgIpc) is 2.48. The number of unbranched alkanes of at least 4 members (excludes halogenated alkanes) is 1. The molecule has 0 aliphatic carbocycles. The highest BCUT2D eigenvalue weighted by Crippen LogP contribution is 2.04. The highest BCUT2D eigenvalue weighted by molar-refractivity contribution is 5.26. The maximum Gasteiger partial charge on any atom is 0.255 e. The van der Waals surface area contributed by atoms with Gasteiger partial charge < -0.3 is 9.88 Å². The van der Waals surface area contributed by atoms with Gasteiger partial charge in [-0.15, -0.1) is 0 Å². The van der Waals surface area contributed by atoms with E-state index in [0.717, 1.165) is 24.9 Å². The van der Waals surface area contributed by atoms with E-state index < -0.39 is 0 Å². The van der Waals surface area contributed by atoms with Gasteiger partial charge in [0.25, 0.3) is 11.1 Å². The topological polar surface area (TPSA) is 79.8 Å². The summed E-state index contributed by atoms with van der Waals surface area (Å²) < 4.78 is 1.69. The first kappa shape index (κ1) is 15.0. The summed E-state index contributed by atoms with van der Waals surface area (Å²) in [7, 11) is 1.69. The van der Waals surface area contributed by atoms with E-state index >= 15 is 0 Å². The molecule has 0 bridgehead atoms. The van der Waals surface area contributed by atoms with Crippen molar-refractivity contribution in [2.75, 3.05) is 12.4 Å². The second-order valence-corrected chi connectivity index (χ2v) is 4.93. The van der Waals surface area contributed by atoms with Crippen LogP contribution in [0.2, 0.25) is 0 Å². The second kappa shape index (κ2) is 6.88. The van der Waals surface area contributed by atoms with Crippen molar-refractivity contribution < 1.29 is 0 Å². The van der Waals surface area contributed by atoms with Crippen LogP contribution in [-0.4, -0.2) is 21.6 Å². The molecule has 112 valence electrons. The zero-order valence-electron chi connectivity index (χ0n) is 12.3. The molecule has 2 heterocycles.